The summed E-state index contributed by atoms with van der Waals surface area (Å²) in [5.74, 6) is 2.15. The number of allylic oxidation sites excluding steroid dienone is 1. The molecule has 1 aromatic heterocycles. The Morgan fingerprint density at radius 2 is 1.72 bits per heavy atom. The predicted molar refractivity (Wildman–Crippen MR) is 148 cm³/mol. The minimum absolute atomic E-state index is 0.0539. The molecule has 192 valence electrons. The number of fused-ring (bicyclic) bond motifs is 1. The van der Waals surface area contributed by atoms with Crippen LogP contribution in [0, 0.1) is 17.3 Å². The van der Waals surface area contributed by atoms with Crippen LogP contribution in [0.4, 0.5) is 0 Å². The largest absolute Gasteiger partial charge is 0.299 e. The van der Waals surface area contributed by atoms with Gasteiger partial charge in [-0.25, -0.2) is 9.97 Å². The van der Waals surface area contributed by atoms with Crippen molar-refractivity contribution in [2.24, 2.45) is 17.3 Å². The van der Waals surface area contributed by atoms with Gasteiger partial charge in [0, 0.05) is 17.4 Å². The zero-order valence-electron chi connectivity index (χ0n) is 22.1. The molecule has 0 spiro atoms. The molecule has 0 aliphatic heterocycles. The minimum Gasteiger partial charge on any atom is -0.299 e. The Bertz CT molecular complexity index is 1010. The fourth-order valence-corrected chi connectivity index (χ4v) is 6.81. The summed E-state index contributed by atoms with van der Waals surface area (Å²) in [6, 6.07) is 10.7. The number of hydrogen-bond donors (Lipinski definition) is 0. The van der Waals surface area contributed by atoms with E-state index in [1.165, 1.54) is 67.5 Å². The number of nitrogens with zero attached hydrogens (tertiary/aromatic N) is 2. The molecule has 0 amide bonds. The molecule has 3 aliphatic carbocycles. The molecule has 0 N–H and O–H groups in total. The highest BCUT2D eigenvalue weighted by molar-refractivity contribution is 5.87. The third kappa shape index (κ3) is 6.72. The van der Waals surface area contributed by atoms with Crippen LogP contribution in [0.15, 0.2) is 42.7 Å². The summed E-state index contributed by atoms with van der Waals surface area (Å²) in [4.78, 5) is 22.2. The predicted octanol–water partition coefficient (Wildman–Crippen LogP) is 8.11. The summed E-state index contributed by atoms with van der Waals surface area (Å²) in [7, 11) is 0. The highest BCUT2D eigenvalue weighted by Crippen LogP contribution is 2.51. The van der Waals surface area contributed by atoms with Crippen LogP contribution in [0.3, 0.4) is 0 Å². The highest BCUT2D eigenvalue weighted by atomic mass is 16.1. The van der Waals surface area contributed by atoms with Gasteiger partial charge in [0.15, 0.2) is 0 Å². The lowest BCUT2D eigenvalue weighted by molar-refractivity contribution is -0.124. The van der Waals surface area contributed by atoms with E-state index in [1.54, 1.807) is 6.33 Å². The summed E-state index contributed by atoms with van der Waals surface area (Å²) in [6.07, 6.45) is 26.4. The van der Waals surface area contributed by atoms with Gasteiger partial charge in [0.1, 0.15) is 12.1 Å². The smallest absolute Gasteiger partial charge is 0.139 e. The first-order chi connectivity index (χ1) is 17.7. The van der Waals surface area contributed by atoms with Crippen LogP contribution in [0.25, 0.3) is 6.08 Å². The van der Waals surface area contributed by atoms with Crippen molar-refractivity contribution in [3.8, 4) is 0 Å². The molecule has 2 saturated carbocycles. The SMILES string of the molecule is O=C(CCCC1CCCC(Cc2ncnc3c2C=CCC3)CCC1)C1(CCCc2ccccc2)CC1. The van der Waals surface area contributed by atoms with E-state index in [0.29, 0.717) is 5.78 Å². The highest BCUT2D eigenvalue weighted by Gasteiger charge is 2.47. The van der Waals surface area contributed by atoms with Gasteiger partial charge in [-0.1, -0.05) is 87.4 Å². The van der Waals surface area contributed by atoms with Gasteiger partial charge in [-0.2, -0.15) is 0 Å². The van der Waals surface area contributed by atoms with Gasteiger partial charge < -0.3 is 0 Å². The van der Waals surface area contributed by atoms with E-state index in [-0.39, 0.29) is 5.41 Å². The maximum absolute atomic E-state index is 13.0. The first kappa shape index (κ1) is 25.4. The number of aryl methyl sites for hydroxylation is 2. The Labute approximate surface area is 218 Å². The fraction of sp³-hybridized carbons (Fsp3) is 0.606. The van der Waals surface area contributed by atoms with E-state index in [4.69, 9.17) is 0 Å². The number of Topliss-reactive ketones (excluding diaryl/α,β-unsaturated/α-hetero) is 1. The molecule has 5 rings (SSSR count). The average Bonchev–Trinajstić information content (AvgIpc) is 3.68. The summed E-state index contributed by atoms with van der Waals surface area (Å²) >= 11 is 0. The Kier molecular flexibility index (Phi) is 8.67. The topological polar surface area (TPSA) is 42.9 Å². The van der Waals surface area contributed by atoms with Crippen LogP contribution in [-0.4, -0.2) is 15.8 Å². The molecule has 0 saturated heterocycles. The number of ketones is 1. The van der Waals surface area contributed by atoms with Gasteiger partial charge in [-0.15, -0.1) is 0 Å². The van der Waals surface area contributed by atoms with Crippen LogP contribution in [0.5, 0.6) is 0 Å². The number of carbonyl (C=O) groups excluding carboxylic acids is 1. The minimum atomic E-state index is 0.0539. The number of carbonyl (C=O) groups is 1. The Hall–Kier alpha value is -2.29. The number of benzene rings is 1. The van der Waals surface area contributed by atoms with E-state index in [9.17, 15) is 4.79 Å². The first-order valence-corrected chi connectivity index (χ1v) is 14.8. The van der Waals surface area contributed by atoms with Crippen molar-refractivity contribution in [2.45, 2.75) is 109 Å². The lowest BCUT2D eigenvalue weighted by Gasteiger charge is -2.25. The van der Waals surface area contributed by atoms with E-state index in [0.717, 1.165) is 76.0 Å². The number of aromatic nitrogens is 2. The van der Waals surface area contributed by atoms with Crippen molar-refractivity contribution < 1.29 is 4.79 Å². The maximum atomic E-state index is 13.0. The third-order valence-corrected chi connectivity index (χ3v) is 9.24. The zero-order valence-corrected chi connectivity index (χ0v) is 22.1. The van der Waals surface area contributed by atoms with Crippen LogP contribution >= 0.6 is 0 Å². The van der Waals surface area contributed by atoms with Gasteiger partial charge >= 0.3 is 0 Å². The van der Waals surface area contributed by atoms with Gasteiger partial charge in [0.25, 0.3) is 0 Å². The lowest BCUT2D eigenvalue weighted by Crippen LogP contribution is -2.17. The van der Waals surface area contributed by atoms with Gasteiger partial charge in [0.05, 0.1) is 11.4 Å². The van der Waals surface area contributed by atoms with E-state index in [1.807, 2.05) is 0 Å². The van der Waals surface area contributed by atoms with E-state index in [2.05, 4.69) is 52.5 Å². The molecule has 0 radical (unpaired) electrons. The van der Waals surface area contributed by atoms with Crippen LogP contribution < -0.4 is 0 Å². The molecule has 3 aliphatic rings. The molecule has 36 heavy (non-hydrogen) atoms. The molecule has 0 unspecified atom stereocenters. The van der Waals surface area contributed by atoms with E-state index >= 15 is 0 Å². The van der Waals surface area contributed by atoms with Crippen LogP contribution in [-0.2, 0) is 24.1 Å². The second-order valence-electron chi connectivity index (χ2n) is 11.9. The summed E-state index contributed by atoms with van der Waals surface area (Å²) in [5, 5.41) is 0. The van der Waals surface area contributed by atoms with Crippen molar-refractivity contribution in [1.82, 2.24) is 9.97 Å². The average molecular weight is 485 g/mol. The first-order valence-electron chi connectivity index (χ1n) is 14.8. The third-order valence-electron chi connectivity index (χ3n) is 9.24. The molecule has 2 aromatic rings. The second kappa shape index (κ2) is 12.3. The summed E-state index contributed by atoms with van der Waals surface area (Å²) in [6.45, 7) is 0. The zero-order chi connectivity index (χ0) is 24.6. The fourth-order valence-electron chi connectivity index (χ4n) is 6.81. The van der Waals surface area contributed by atoms with Crippen molar-refractivity contribution in [3.05, 3.63) is 65.2 Å². The van der Waals surface area contributed by atoms with E-state index < -0.39 is 0 Å². The molecule has 3 nitrogen and oxygen atoms in total. The van der Waals surface area contributed by atoms with Crippen LogP contribution in [0.1, 0.15) is 112 Å². The van der Waals surface area contributed by atoms with Crippen LogP contribution in [0.2, 0.25) is 0 Å². The number of hydrogen-bond acceptors (Lipinski definition) is 3. The Morgan fingerprint density at radius 1 is 0.944 bits per heavy atom. The summed E-state index contributed by atoms with van der Waals surface area (Å²) < 4.78 is 0. The van der Waals surface area contributed by atoms with Gasteiger partial charge in [0.2, 0.25) is 0 Å². The van der Waals surface area contributed by atoms with Crippen molar-refractivity contribution in [2.75, 3.05) is 0 Å². The molecule has 3 heteroatoms. The monoisotopic (exact) mass is 484 g/mol. The van der Waals surface area contributed by atoms with Gasteiger partial charge in [-0.05, 0) is 75.2 Å². The van der Waals surface area contributed by atoms with Crippen molar-refractivity contribution in [1.29, 1.82) is 0 Å². The molecular weight excluding hydrogens is 440 g/mol. The Balaban J connectivity index is 1.00. The number of rotatable bonds is 11. The maximum Gasteiger partial charge on any atom is 0.139 e. The van der Waals surface area contributed by atoms with Crippen molar-refractivity contribution >= 4 is 11.9 Å². The normalized spacial score (nSPS) is 22.9. The standard InChI is InChI=1S/C33H44N2O/c36-32(33(22-23-33)21-9-17-26-10-2-1-3-11-26)20-8-14-27-12-6-15-28(16-7-13-27)24-31-29-18-4-5-19-30(29)34-25-35-31/h1-4,10-11,18,25,27-28H,5-9,12-17,19-24H2. The molecule has 1 aromatic carbocycles. The van der Waals surface area contributed by atoms with Crippen molar-refractivity contribution in [3.63, 3.8) is 0 Å². The molecule has 0 atom stereocenters. The molecule has 1 heterocycles. The Morgan fingerprint density at radius 3 is 2.50 bits per heavy atom. The second-order valence-corrected chi connectivity index (χ2v) is 11.9. The lowest BCUT2D eigenvalue weighted by atomic mass is 9.81. The molecule has 0 bridgehead atoms. The molecule has 2 fully saturated rings. The molecular formula is C33H44N2O. The van der Waals surface area contributed by atoms with Gasteiger partial charge in [-0.3, -0.25) is 4.79 Å². The summed E-state index contributed by atoms with van der Waals surface area (Å²) in [5.41, 5.74) is 5.28. The quantitative estimate of drug-likeness (QED) is 0.323.